The summed E-state index contributed by atoms with van der Waals surface area (Å²) < 4.78 is 76.4. The summed E-state index contributed by atoms with van der Waals surface area (Å²) in [6.07, 6.45) is -8.92. The Morgan fingerprint density at radius 3 is 1.94 bits per heavy atom. The first-order valence-corrected chi connectivity index (χ1v) is 10.6. The number of benzene rings is 2. The highest BCUT2D eigenvalue weighted by atomic mass is 32.1. The highest BCUT2D eigenvalue weighted by Crippen LogP contribution is 2.38. The summed E-state index contributed by atoms with van der Waals surface area (Å²) in [6.45, 7) is 0. The molecule has 0 saturated carbocycles. The van der Waals surface area contributed by atoms with Crippen LogP contribution in [-0.4, -0.2) is 10.9 Å². The molecule has 0 spiro atoms. The topological polar surface area (TPSA) is 66.7 Å². The monoisotopic (exact) mass is 500 g/mol. The maximum Gasteiger partial charge on any atom is 0.416 e. The fraction of sp³-hybridized carbons (Fsp3) is 0.100. The number of halogens is 6. The standard InChI is InChI=1S/C20H10F6N4OS2/c21-19(22,23)11-3-1-10(2-4-11)16(31)27-18-28-17-14(32-18)9-15(33-17)30-29-13-7-5-12(6-8-13)20(24,25)26/h1-9H,(H,27,28,31). The molecule has 33 heavy (non-hydrogen) atoms. The maximum atomic E-state index is 12.6. The van der Waals surface area contributed by atoms with Gasteiger partial charge in [-0.1, -0.05) is 22.7 Å². The van der Waals surface area contributed by atoms with Crippen LogP contribution in [0.1, 0.15) is 21.5 Å². The lowest BCUT2D eigenvalue weighted by Gasteiger charge is -2.07. The summed E-state index contributed by atoms with van der Waals surface area (Å²) in [6, 6.07) is 9.68. The third-order valence-electron chi connectivity index (χ3n) is 4.23. The molecule has 5 nitrogen and oxygen atoms in total. The molecule has 0 fully saturated rings. The Morgan fingerprint density at radius 2 is 1.39 bits per heavy atom. The summed E-state index contributed by atoms with van der Waals surface area (Å²) >= 11 is 2.29. The molecular formula is C20H10F6N4OS2. The van der Waals surface area contributed by atoms with E-state index in [2.05, 4.69) is 20.5 Å². The molecule has 170 valence electrons. The van der Waals surface area contributed by atoms with Gasteiger partial charge < -0.3 is 0 Å². The number of amides is 1. The summed E-state index contributed by atoms with van der Waals surface area (Å²) in [5, 5.41) is 11.2. The molecule has 0 radical (unpaired) electrons. The molecule has 1 amide bonds. The minimum Gasteiger partial charge on any atom is -0.298 e. The summed E-state index contributed by atoms with van der Waals surface area (Å²) in [5.41, 5.74) is -1.34. The number of carbonyl (C=O) groups excluding carboxylic acids is 1. The number of thiophene rings is 1. The quantitative estimate of drug-likeness (QED) is 0.227. The summed E-state index contributed by atoms with van der Waals surface area (Å²) in [4.78, 5) is 17.1. The van der Waals surface area contributed by atoms with Gasteiger partial charge in [0.15, 0.2) is 5.13 Å². The molecule has 2 aromatic heterocycles. The lowest BCUT2D eigenvalue weighted by atomic mass is 10.1. The number of azo groups is 1. The molecule has 2 heterocycles. The summed E-state index contributed by atoms with van der Waals surface area (Å²) in [5.74, 6) is -0.604. The number of rotatable bonds is 4. The van der Waals surface area contributed by atoms with Gasteiger partial charge in [-0.05, 0) is 54.6 Å². The highest BCUT2D eigenvalue weighted by molar-refractivity contribution is 7.30. The van der Waals surface area contributed by atoms with Gasteiger partial charge in [0.1, 0.15) is 9.83 Å². The molecule has 1 N–H and O–H groups in total. The van der Waals surface area contributed by atoms with Crippen LogP contribution in [0.25, 0.3) is 9.53 Å². The zero-order valence-electron chi connectivity index (χ0n) is 16.0. The Kier molecular flexibility index (Phi) is 5.93. The van der Waals surface area contributed by atoms with Gasteiger partial charge in [-0.25, -0.2) is 4.98 Å². The van der Waals surface area contributed by atoms with Crippen molar-refractivity contribution in [3.8, 4) is 0 Å². The second-order valence-corrected chi connectivity index (χ2v) is 8.59. The van der Waals surface area contributed by atoms with E-state index >= 15 is 0 Å². The van der Waals surface area contributed by atoms with Crippen molar-refractivity contribution in [3.05, 3.63) is 71.3 Å². The van der Waals surface area contributed by atoms with Gasteiger partial charge in [0.05, 0.1) is 21.5 Å². The van der Waals surface area contributed by atoms with Gasteiger partial charge >= 0.3 is 12.4 Å². The van der Waals surface area contributed by atoms with E-state index in [1.165, 1.54) is 12.1 Å². The number of hydrogen-bond donors (Lipinski definition) is 1. The van der Waals surface area contributed by atoms with Gasteiger partial charge in [-0.15, -0.1) is 10.2 Å². The number of nitrogens with zero attached hydrogens (tertiary/aromatic N) is 3. The number of nitrogens with one attached hydrogen (secondary N) is 1. The number of thiazole rings is 1. The minimum absolute atomic E-state index is 0.0487. The van der Waals surface area contributed by atoms with Crippen LogP contribution < -0.4 is 5.32 Å². The van der Waals surface area contributed by atoms with E-state index in [4.69, 9.17) is 0 Å². The Bertz CT molecular complexity index is 1290. The molecule has 13 heteroatoms. The van der Waals surface area contributed by atoms with E-state index in [9.17, 15) is 31.1 Å². The normalized spacial score (nSPS) is 12.5. The lowest BCUT2D eigenvalue weighted by molar-refractivity contribution is -0.138. The van der Waals surface area contributed by atoms with E-state index < -0.39 is 29.4 Å². The fourth-order valence-corrected chi connectivity index (χ4v) is 4.56. The number of alkyl halides is 6. The maximum absolute atomic E-state index is 12.6. The Labute approximate surface area is 189 Å². The van der Waals surface area contributed by atoms with Crippen molar-refractivity contribution in [2.75, 3.05) is 5.32 Å². The minimum atomic E-state index is -4.49. The van der Waals surface area contributed by atoms with Crippen LogP contribution in [0.3, 0.4) is 0 Å². The average molecular weight is 500 g/mol. The van der Waals surface area contributed by atoms with Crippen molar-refractivity contribution in [2.45, 2.75) is 12.4 Å². The average Bonchev–Trinajstić information content (AvgIpc) is 3.29. The van der Waals surface area contributed by atoms with E-state index in [0.29, 0.717) is 14.5 Å². The molecule has 0 aliphatic carbocycles. The van der Waals surface area contributed by atoms with Crippen LogP contribution in [-0.2, 0) is 12.4 Å². The van der Waals surface area contributed by atoms with Gasteiger partial charge in [0.2, 0.25) is 0 Å². The van der Waals surface area contributed by atoms with Crippen molar-refractivity contribution in [1.29, 1.82) is 0 Å². The molecular weight excluding hydrogens is 490 g/mol. The zero-order chi connectivity index (χ0) is 23.8. The van der Waals surface area contributed by atoms with Crippen LogP contribution >= 0.6 is 22.7 Å². The fourth-order valence-electron chi connectivity index (χ4n) is 2.63. The predicted octanol–water partition coefficient (Wildman–Crippen LogP) is 8.06. The van der Waals surface area contributed by atoms with E-state index in [1.807, 2.05) is 0 Å². The largest absolute Gasteiger partial charge is 0.416 e. The van der Waals surface area contributed by atoms with Gasteiger partial charge in [-0.2, -0.15) is 26.3 Å². The van der Waals surface area contributed by atoms with Crippen LogP contribution in [0.4, 0.5) is 42.2 Å². The van der Waals surface area contributed by atoms with Crippen LogP contribution in [0, 0.1) is 0 Å². The molecule has 0 bridgehead atoms. The summed E-state index contributed by atoms with van der Waals surface area (Å²) in [7, 11) is 0. The predicted molar refractivity (Wildman–Crippen MR) is 113 cm³/mol. The lowest BCUT2D eigenvalue weighted by Crippen LogP contribution is -2.12. The molecule has 0 aliphatic rings. The highest BCUT2D eigenvalue weighted by Gasteiger charge is 2.30. The van der Waals surface area contributed by atoms with Crippen molar-refractivity contribution in [1.82, 2.24) is 4.98 Å². The Morgan fingerprint density at radius 1 is 0.818 bits per heavy atom. The van der Waals surface area contributed by atoms with E-state index in [1.54, 1.807) is 6.07 Å². The van der Waals surface area contributed by atoms with E-state index in [-0.39, 0.29) is 16.4 Å². The van der Waals surface area contributed by atoms with Crippen LogP contribution in [0.2, 0.25) is 0 Å². The van der Waals surface area contributed by atoms with Crippen molar-refractivity contribution < 1.29 is 31.1 Å². The Balaban J connectivity index is 1.42. The van der Waals surface area contributed by atoms with Crippen molar-refractivity contribution in [3.63, 3.8) is 0 Å². The number of hydrogen-bond acceptors (Lipinski definition) is 6. The number of aromatic nitrogens is 1. The van der Waals surface area contributed by atoms with Gasteiger partial charge in [0, 0.05) is 5.56 Å². The van der Waals surface area contributed by atoms with Crippen LogP contribution in [0.5, 0.6) is 0 Å². The van der Waals surface area contributed by atoms with Crippen LogP contribution in [0.15, 0.2) is 64.8 Å². The first-order chi connectivity index (χ1) is 15.5. The van der Waals surface area contributed by atoms with Crippen molar-refractivity contribution >= 4 is 53.9 Å². The first-order valence-electron chi connectivity index (χ1n) is 8.97. The third kappa shape index (κ3) is 5.37. The first kappa shape index (κ1) is 22.9. The molecule has 0 atom stereocenters. The Hall–Kier alpha value is -3.32. The van der Waals surface area contributed by atoms with Crippen molar-refractivity contribution in [2.24, 2.45) is 10.2 Å². The number of fused-ring (bicyclic) bond motifs is 1. The zero-order valence-corrected chi connectivity index (χ0v) is 17.7. The van der Waals surface area contributed by atoms with Gasteiger partial charge in [0.25, 0.3) is 5.91 Å². The number of carbonyl (C=O) groups is 1. The molecule has 0 aliphatic heterocycles. The molecule has 0 saturated heterocycles. The second-order valence-electron chi connectivity index (χ2n) is 6.55. The molecule has 2 aromatic carbocycles. The molecule has 4 aromatic rings. The van der Waals surface area contributed by atoms with E-state index in [0.717, 1.165) is 59.1 Å². The third-order valence-corrected chi connectivity index (χ3v) is 6.19. The smallest absolute Gasteiger partial charge is 0.298 e. The molecule has 0 unspecified atom stereocenters. The second kappa shape index (κ2) is 8.56. The SMILES string of the molecule is O=C(Nc1nc2sc(N=Nc3ccc(C(F)(F)F)cc3)cc2s1)c1ccc(C(F)(F)F)cc1. The molecule has 4 rings (SSSR count). The number of anilines is 1. The van der Waals surface area contributed by atoms with Gasteiger partial charge in [-0.3, -0.25) is 10.1 Å².